The van der Waals surface area contributed by atoms with Crippen LogP contribution >= 0.6 is 0 Å². The van der Waals surface area contributed by atoms with Crippen LogP contribution < -0.4 is 5.32 Å². The van der Waals surface area contributed by atoms with Crippen LogP contribution in [0.3, 0.4) is 0 Å². The molecule has 2 aromatic carbocycles. The van der Waals surface area contributed by atoms with Crippen LogP contribution in [0.5, 0.6) is 0 Å². The number of hydrogen-bond donors (Lipinski definition) is 1. The number of carbonyl (C=O) groups excluding carboxylic acids is 1. The molecule has 1 saturated heterocycles. The minimum absolute atomic E-state index is 0.125. The highest BCUT2D eigenvalue weighted by Crippen LogP contribution is 2.36. The first-order valence-corrected chi connectivity index (χ1v) is 10.3. The Bertz CT molecular complexity index is 928. The van der Waals surface area contributed by atoms with E-state index >= 15 is 0 Å². The maximum atomic E-state index is 13.1. The molecule has 0 unspecified atom stereocenters. The molecule has 0 bridgehead atoms. The number of benzene rings is 2. The van der Waals surface area contributed by atoms with Gasteiger partial charge in [-0.1, -0.05) is 78.4 Å². The van der Waals surface area contributed by atoms with E-state index < -0.39 is 0 Å². The Balaban J connectivity index is 1.58. The Morgan fingerprint density at radius 2 is 1.69 bits per heavy atom. The summed E-state index contributed by atoms with van der Waals surface area (Å²) in [7, 11) is 0. The predicted molar refractivity (Wildman–Crippen MR) is 117 cm³/mol. The third kappa shape index (κ3) is 4.68. The Morgan fingerprint density at radius 1 is 0.966 bits per heavy atom. The molecule has 3 nitrogen and oxygen atoms in total. The third-order valence-corrected chi connectivity index (χ3v) is 5.64. The van der Waals surface area contributed by atoms with E-state index in [4.69, 9.17) is 4.74 Å². The quantitative estimate of drug-likeness (QED) is 0.642. The number of para-hydroxylation sites is 1. The molecule has 0 radical (unpaired) electrons. The number of ether oxygens (including phenoxy) is 1. The molecular weight excluding hydrogens is 358 g/mol. The fraction of sp³-hybridized carbons (Fsp3) is 0.269. The van der Waals surface area contributed by atoms with Crippen molar-refractivity contribution < 1.29 is 9.53 Å². The lowest BCUT2D eigenvalue weighted by molar-refractivity contribution is -0.161. The second-order valence-electron chi connectivity index (χ2n) is 7.79. The number of cyclic esters (lactones) is 1. The number of carbonyl (C=O) groups is 1. The van der Waals surface area contributed by atoms with E-state index in [1.54, 1.807) is 0 Å². The van der Waals surface area contributed by atoms with Gasteiger partial charge in [0.2, 0.25) is 0 Å². The standard InChI is InChI=1S/C26H27NO2/c1-19-9-8-12-21(16-15-19)25(27-22-13-6-3-7-14-22)23-17-18-24(29-26(23)28)20-10-4-2-5-11-20/h2-8,10-16,23-25,27H,9,17-18H2,1H3/t23-,24+,25-/m1/s1. The van der Waals surface area contributed by atoms with Gasteiger partial charge in [0.05, 0.1) is 12.0 Å². The van der Waals surface area contributed by atoms with Crippen molar-refractivity contribution in [3.63, 3.8) is 0 Å². The molecule has 2 aromatic rings. The summed E-state index contributed by atoms with van der Waals surface area (Å²) in [5.41, 5.74) is 4.50. The first kappa shape index (κ1) is 19.3. The molecule has 148 valence electrons. The van der Waals surface area contributed by atoms with Crippen LogP contribution in [0.1, 0.15) is 37.9 Å². The molecule has 3 atom stereocenters. The molecule has 1 aliphatic heterocycles. The van der Waals surface area contributed by atoms with Crippen LogP contribution in [0.2, 0.25) is 0 Å². The number of rotatable bonds is 5. The third-order valence-electron chi connectivity index (χ3n) is 5.64. The summed E-state index contributed by atoms with van der Waals surface area (Å²) in [6.45, 7) is 2.13. The van der Waals surface area contributed by atoms with Gasteiger partial charge < -0.3 is 10.1 Å². The maximum absolute atomic E-state index is 13.1. The van der Waals surface area contributed by atoms with Gasteiger partial charge in [0.25, 0.3) is 0 Å². The molecule has 1 aliphatic carbocycles. The predicted octanol–water partition coefficient (Wildman–Crippen LogP) is 5.99. The number of nitrogens with one attached hydrogen (secondary N) is 1. The van der Waals surface area contributed by atoms with Crippen LogP contribution in [0.4, 0.5) is 5.69 Å². The molecule has 0 amide bonds. The van der Waals surface area contributed by atoms with E-state index in [0.29, 0.717) is 0 Å². The van der Waals surface area contributed by atoms with Crippen molar-refractivity contribution in [3.8, 4) is 0 Å². The number of esters is 1. The largest absolute Gasteiger partial charge is 0.457 e. The minimum atomic E-state index is -0.224. The zero-order chi connectivity index (χ0) is 20.1. The Kier molecular flexibility index (Phi) is 5.95. The van der Waals surface area contributed by atoms with Crippen LogP contribution in [0, 0.1) is 5.92 Å². The van der Waals surface area contributed by atoms with Gasteiger partial charge in [0, 0.05) is 5.69 Å². The fourth-order valence-corrected chi connectivity index (χ4v) is 4.02. The minimum Gasteiger partial charge on any atom is -0.457 e. The zero-order valence-electron chi connectivity index (χ0n) is 16.8. The van der Waals surface area contributed by atoms with Crippen molar-refractivity contribution in [2.45, 2.75) is 38.3 Å². The van der Waals surface area contributed by atoms with Crippen molar-refractivity contribution in [3.05, 3.63) is 102 Å². The summed E-state index contributed by atoms with van der Waals surface area (Å²) in [6.07, 6.45) is 11.0. The number of allylic oxidation sites excluding steroid dienone is 4. The van der Waals surface area contributed by atoms with E-state index in [1.807, 2.05) is 60.7 Å². The summed E-state index contributed by atoms with van der Waals surface area (Å²) < 4.78 is 5.90. The van der Waals surface area contributed by atoms with Crippen molar-refractivity contribution in [2.24, 2.45) is 5.92 Å². The molecule has 1 heterocycles. The van der Waals surface area contributed by atoms with Gasteiger partial charge in [0.1, 0.15) is 6.10 Å². The van der Waals surface area contributed by atoms with Crippen LogP contribution in [-0.4, -0.2) is 12.0 Å². The molecule has 0 spiro atoms. The smallest absolute Gasteiger partial charge is 0.311 e. The number of anilines is 1. The normalized spacial score (nSPS) is 22.7. The average molecular weight is 386 g/mol. The van der Waals surface area contributed by atoms with Gasteiger partial charge in [-0.2, -0.15) is 0 Å². The highest BCUT2D eigenvalue weighted by Gasteiger charge is 2.37. The highest BCUT2D eigenvalue weighted by molar-refractivity contribution is 5.76. The number of hydrogen-bond acceptors (Lipinski definition) is 3. The topological polar surface area (TPSA) is 38.3 Å². The van der Waals surface area contributed by atoms with Gasteiger partial charge in [-0.3, -0.25) is 4.79 Å². The summed E-state index contributed by atoms with van der Waals surface area (Å²) in [4.78, 5) is 13.1. The van der Waals surface area contributed by atoms with E-state index in [-0.39, 0.29) is 24.0 Å². The first-order chi connectivity index (χ1) is 14.2. The van der Waals surface area contributed by atoms with Crippen molar-refractivity contribution >= 4 is 11.7 Å². The van der Waals surface area contributed by atoms with E-state index in [0.717, 1.165) is 36.1 Å². The summed E-state index contributed by atoms with van der Waals surface area (Å²) in [5.74, 6) is -0.351. The molecule has 29 heavy (non-hydrogen) atoms. The lowest BCUT2D eigenvalue weighted by Gasteiger charge is -2.34. The molecule has 0 aromatic heterocycles. The lowest BCUT2D eigenvalue weighted by atomic mass is 9.84. The molecule has 4 rings (SSSR count). The Labute approximate surface area is 172 Å². The van der Waals surface area contributed by atoms with Gasteiger partial charge in [0.15, 0.2) is 0 Å². The fourth-order valence-electron chi connectivity index (χ4n) is 4.02. The molecule has 0 saturated carbocycles. The van der Waals surface area contributed by atoms with E-state index in [2.05, 4.69) is 36.5 Å². The Morgan fingerprint density at radius 3 is 2.41 bits per heavy atom. The lowest BCUT2D eigenvalue weighted by Crippen LogP contribution is -2.40. The van der Waals surface area contributed by atoms with Gasteiger partial charge in [-0.25, -0.2) is 0 Å². The summed E-state index contributed by atoms with van der Waals surface area (Å²) in [6, 6.07) is 20.0. The average Bonchev–Trinajstić information content (AvgIpc) is 2.98. The second kappa shape index (κ2) is 8.95. The highest BCUT2D eigenvalue weighted by atomic mass is 16.5. The molecule has 3 heteroatoms. The van der Waals surface area contributed by atoms with Gasteiger partial charge >= 0.3 is 5.97 Å². The van der Waals surface area contributed by atoms with Crippen LogP contribution in [0.25, 0.3) is 0 Å². The summed E-state index contributed by atoms with van der Waals surface area (Å²) >= 11 is 0. The van der Waals surface area contributed by atoms with Crippen molar-refractivity contribution in [2.75, 3.05) is 5.32 Å². The van der Waals surface area contributed by atoms with Crippen molar-refractivity contribution in [1.82, 2.24) is 0 Å². The molecule has 1 N–H and O–H groups in total. The first-order valence-electron chi connectivity index (χ1n) is 10.3. The molecule has 2 aliphatic rings. The molecule has 1 fully saturated rings. The SMILES string of the molecule is CC1=CC=C([C@@H](Nc2ccccc2)[C@H]2CC[C@@H](c3ccccc3)OC2=O)C=CC1. The Hall–Kier alpha value is -3.07. The maximum Gasteiger partial charge on any atom is 0.311 e. The van der Waals surface area contributed by atoms with Crippen LogP contribution in [0.15, 0.2) is 96.1 Å². The van der Waals surface area contributed by atoms with Crippen molar-refractivity contribution in [1.29, 1.82) is 0 Å². The monoisotopic (exact) mass is 385 g/mol. The van der Waals surface area contributed by atoms with Gasteiger partial charge in [-0.15, -0.1) is 0 Å². The molecular formula is C26H27NO2. The van der Waals surface area contributed by atoms with Crippen LogP contribution in [-0.2, 0) is 9.53 Å². The second-order valence-corrected chi connectivity index (χ2v) is 7.79. The van der Waals surface area contributed by atoms with E-state index in [1.165, 1.54) is 5.57 Å². The summed E-state index contributed by atoms with van der Waals surface area (Å²) in [5, 5.41) is 3.60. The van der Waals surface area contributed by atoms with E-state index in [9.17, 15) is 4.79 Å². The van der Waals surface area contributed by atoms with Gasteiger partial charge in [-0.05, 0) is 49.5 Å². The zero-order valence-corrected chi connectivity index (χ0v) is 16.8.